The maximum absolute atomic E-state index is 14.0. The van der Waals surface area contributed by atoms with Crippen LogP contribution in [0.5, 0.6) is 11.5 Å². The molecule has 2 aromatic heterocycles. The molecule has 0 saturated carbocycles. The number of fused-ring (bicyclic) bond motifs is 1. The van der Waals surface area contributed by atoms with Crippen LogP contribution in [0.25, 0.3) is 5.95 Å². The van der Waals surface area contributed by atoms with Crippen LogP contribution in [0.4, 0.5) is 5.82 Å². The number of nitrogens with zero attached hydrogens (tertiary/aromatic N) is 7. The molecule has 4 heterocycles. The summed E-state index contributed by atoms with van der Waals surface area (Å²) in [5.74, 6) is 1.55. The average molecular weight is 583 g/mol. The fraction of sp³-hybridized carbons (Fsp3) is 0.407. The minimum Gasteiger partial charge on any atom is -0.486 e. The van der Waals surface area contributed by atoms with Gasteiger partial charge in [0.25, 0.3) is 0 Å². The molecule has 0 bridgehead atoms. The number of nitrogens with one attached hydrogen (secondary N) is 1. The Hall–Kier alpha value is -4.01. The molecule has 1 fully saturated rings. The lowest BCUT2D eigenvalue weighted by molar-refractivity contribution is -0.126. The van der Waals surface area contributed by atoms with E-state index in [2.05, 4.69) is 26.8 Å². The van der Waals surface area contributed by atoms with Crippen molar-refractivity contribution in [3.05, 3.63) is 67.4 Å². The number of hydrogen-bond donors (Lipinski definition) is 1. The SMILES string of the molecule is C=CCS(=O)(=O)C1(CC(=O)NCc2ccc3c(c2)OCCO3)CN(c2ccnc(-n3ccnc3)n2)CCN1N(C)C. The predicted molar refractivity (Wildman–Crippen MR) is 152 cm³/mol. The molecule has 3 aromatic rings. The molecule has 1 amide bonds. The van der Waals surface area contributed by atoms with Gasteiger partial charge in [0, 0.05) is 52.3 Å². The first-order valence-electron chi connectivity index (χ1n) is 13.2. The molecule has 1 unspecified atom stereocenters. The van der Waals surface area contributed by atoms with Gasteiger partial charge in [0.1, 0.15) is 25.4 Å². The van der Waals surface area contributed by atoms with Crippen LogP contribution in [0.1, 0.15) is 12.0 Å². The molecule has 0 spiro atoms. The van der Waals surface area contributed by atoms with Crippen molar-refractivity contribution in [3.63, 3.8) is 0 Å². The van der Waals surface area contributed by atoms with E-state index < -0.39 is 20.6 Å². The van der Waals surface area contributed by atoms with Crippen molar-refractivity contribution in [3.8, 4) is 17.4 Å². The molecule has 13 nitrogen and oxygen atoms in total. The van der Waals surface area contributed by atoms with Crippen molar-refractivity contribution in [2.45, 2.75) is 17.8 Å². The first-order chi connectivity index (χ1) is 19.7. The number of sulfone groups is 1. The lowest BCUT2D eigenvalue weighted by atomic mass is 10.1. The van der Waals surface area contributed by atoms with Gasteiger partial charge in [-0.05, 0) is 23.8 Å². The molecule has 14 heteroatoms. The molecule has 1 N–H and O–H groups in total. The zero-order chi connectivity index (χ0) is 29.0. The van der Waals surface area contributed by atoms with Gasteiger partial charge in [0.2, 0.25) is 11.9 Å². The Morgan fingerprint density at radius 3 is 2.71 bits per heavy atom. The van der Waals surface area contributed by atoms with Crippen molar-refractivity contribution in [2.75, 3.05) is 57.6 Å². The summed E-state index contributed by atoms with van der Waals surface area (Å²) in [6, 6.07) is 7.21. The van der Waals surface area contributed by atoms with Crippen LogP contribution in [0.15, 0.2) is 61.8 Å². The fourth-order valence-corrected chi connectivity index (χ4v) is 7.09. The second-order valence-corrected chi connectivity index (χ2v) is 12.3. The van der Waals surface area contributed by atoms with Crippen molar-refractivity contribution in [2.24, 2.45) is 0 Å². The lowest BCUT2D eigenvalue weighted by Gasteiger charge is -2.51. The molecule has 2 aliphatic rings. The van der Waals surface area contributed by atoms with Gasteiger partial charge >= 0.3 is 0 Å². The first-order valence-corrected chi connectivity index (χ1v) is 14.9. The number of imidazole rings is 1. The van der Waals surface area contributed by atoms with Crippen molar-refractivity contribution >= 4 is 21.6 Å². The summed E-state index contributed by atoms with van der Waals surface area (Å²) in [6.07, 6.45) is 7.64. The van der Waals surface area contributed by atoms with E-state index in [1.54, 1.807) is 65.7 Å². The molecular weight excluding hydrogens is 548 g/mol. The Kier molecular flexibility index (Phi) is 8.24. The highest BCUT2D eigenvalue weighted by Gasteiger charge is 2.54. The summed E-state index contributed by atoms with van der Waals surface area (Å²) in [7, 11) is -0.344. The van der Waals surface area contributed by atoms with Crippen LogP contribution in [-0.4, -0.2) is 101 Å². The third kappa shape index (κ3) is 5.89. The van der Waals surface area contributed by atoms with Crippen molar-refractivity contribution in [1.82, 2.24) is 34.9 Å². The number of aromatic nitrogens is 4. The van der Waals surface area contributed by atoms with E-state index in [0.29, 0.717) is 49.6 Å². The van der Waals surface area contributed by atoms with Crippen LogP contribution >= 0.6 is 0 Å². The van der Waals surface area contributed by atoms with Crippen LogP contribution in [0.2, 0.25) is 0 Å². The lowest BCUT2D eigenvalue weighted by Crippen LogP contribution is -2.70. The average Bonchev–Trinajstić information content (AvgIpc) is 3.51. The van der Waals surface area contributed by atoms with E-state index in [1.165, 1.54) is 6.08 Å². The van der Waals surface area contributed by atoms with Gasteiger partial charge in [0.15, 0.2) is 26.2 Å². The minimum atomic E-state index is -3.90. The van der Waals surface area contributed by atoms with Crippen molar-refractivity contribution in [1.29, 1.82) is 0 Å². The van der Waals surface area contributed by atoms with Gasteiger partial charge in [-0.15, -0.1) is 6.58 Å². The number of hydrazine groups is 1. The first kappa shape index (κ1) is 28.5. The number of benzene rings is 1. The minimum absolute atomic E-state index is 0.0131. The smallest absolute Gasteiger partial charge is 0.236 e. The molecule has 218 valence electrons. The van der Waals surface area contributed by atoms with E-state index in [0.717, 1.165) is 5.56 Å². The Morgan fingerprint density at radius 1 is 1.17 bits per heavy atom. The molecule has 2 aliphatic heterocycles. The molecule has 5 rings (SSSR count). The summed E-state index contributed by atoms with van der Waals surface area (Å²) in [6.45, 7) is 5.68. The van der Waals surface area contributed by atoms with Gasteiger partial charge in [-0.1, -0.05) is 12.1 Å². The third-order valence-corrected chi connectivity index (χ3v) is 9.43. The third-order valence-electron chi connectivity index (χ3n) is 7.11. The summed E-state index contributed by atoms with van der Waals surface area (Å²) in [4.78, 5) is 26.8. The Morgan fingerprint density at radius 2 is 1.98 bits per heavy atom. The number of ether oxygens (including phenoxy) is 2. The van der Waals surface area contributed by atoms with E-state index in [9.17, 15) is 13.2 Å². The second-order valence-electron chi connectivity index (χ2n) is 10.0. The number of carbonyl (C=O) groups is 1. The molecule has 0 radical (unpaired) electrons. The standard InChI is InChI=1S/C27H34N8O5S/c1-4-15-41(37,38)27(17-25(36)30-18-21-5-6-22-23(16-21)40-14-13-39-22)19-33(11-12-35(27)32(2)3)24-7-8-29-26(31-24)34-10-9-28-20-34/h4-10,16,20H,1,11-15,17-19H2,2-3H3,(H,30,36). The molecule has 41 heavy (non-hydrogen) atoms. The Labute approximate surface area is 239 Å². The summed E-state index contributed by atoms with van der Waals surface area (Å²) < 4.78 is 40.9. The molecule has 0 aliphatic carbocycles. The molecular formula is C27H34N8O5S. The van der Waals surface area contributed by atoms with Gasteiger partial charge in [-0.3, -0.25) is 9.36 Å². The highest BCUT2D eigenvalue weighted by Crippen LogP contribution is 2.35. The normalized spacial score (nSPS) is 19.2. The van der Waals surface area contributed by atoms with Gasteiger partial charge < -0.3 is 19.7 Å². The van der Waals surface area contributed by atoms with Gasteiger partial charge in [0.05, 0.1) is 18.7 Å². The zero-order valence-electron chi connectivity index (χ0n) is 23.1. The van der Waals surface area contributed by atoms with Crippen LogP contribution in [-0.2, 0) is 21.2 Å². The zero-order valence-corrected chi connectivity index (χ0v) is 24.0. The summed E-state index contributed by atoms with van der Waals surface area (Å²) >= 11 is 0. The Balaban J connectivity index is 1.42. The number of rotatable bonds is 10. The Bertz CT molecular complexity index is 1500. The van der Waals surface area contributed by atoms with E-state index in [1.807, 2.05) is 17.0 Å². The van der Waals surface area contributed by atoms with Crippen molar-refractivity contribution < 1.29 is 22.7 Å². The summed E-state index contributed by atoms with van der Waals surface area (Å²) in [5, 5.41) is 6.40. The largest absolute Gasteiger partial charge is 0.486 e. The maximum Gasteiger partial charge on any atom is 0.236 e. The van der Waals surface area contributed by atoms with Crippen LogP contribution < -0.4 is 19.7 Å². The summed E-state index contributed by atoms with van der Waals surface area (Å²) in [5.41, 5.74) is 0.813. The predicted octanol–water partition coefficient (Wildman–Crippen LogP) is 1.04. The molecule has 1 saturated heterocycles. The number of anilines is 1. The van der Waals surface area contributed by atoms with Crippen LogP contribution in [0, 0.1) is 0 Å². The second kappa shape index (κ2) is 11.8. The quantitative estimate of drug-likeness (QED) is 0.344. The van der Waals surface area contributed by atoms with Gasteiger partial charge in [-0.2, -0.15) is 4.98 Å². The van der Waals surface area contributed by atoms with E-state index >= 15 is 0 Å². The molecule has 1 atom stereocenters. The highest BCUT2D eigenvalue weighted by molar-refractivity contribution is 7.92. The fourth-order valence-electron chi connectivity index (χ4n) is 5.19. The molecule has 1 aromatic carbocycles. The van der Waals surface area contributed by atoms with E-state index in [4.69, 9.17) is 9.47 Å². The van der Waals surface area contributed by atoms with Gasteiger partial charge in [-0.25, -0.2) is 28.4 Å². The highest BCUT2D eigenvalue weighted by atomic mass is 32.2. The number of amides is 1. The monoisotopic (exact) mass is 582 g/mol. The topological polar surface area (TPSA) is 135 Å². The van der Waals surface area contributed by atoms with Crippen LogP contribution in [0.3, 0.4) is 0 Å². The van der Waals surface area contributed by atoms with E-state index in [-0.39, 0.29) is 25.3 Å². The number of hydrogen-bond acceptors (Lipinski definition) is 11. The number of piperazine rings is 1. The maximum atomic E-state index is 14.0. The number of carbonyl (C=O) groups excluding carboxylic acids is 1.